The predicted molar refractivity (Wildman–Crippen MR) is 90.9 cm³/mol. The number of esters is 1. The molecule has 23 heavy (non-hydrogen) atoms. The van der Waals surface area contributed by atoms with Crippen LogP contribution in [0.1, 0.15) is 37.0 Å². The van der Waals surface area contributed by atoms with Crippen LogP contribution in [0.5, 0.6) is 0 Å². The third-order valence-corrected chi connectivity index (χ3v) is 5.04. The van der Waals surface area contributed by atoms with Gasteiger partial charge in [-0.25, -0.2) is 0 Å². The molecule has 0 amide bonds. The first-order chi connectivity index (χ1) is 10.9. The molecule has 2 aromatic rings. The molecule has 0 radical (unpaired) electrons. The van der Waals surface area contributed by atoms with Crippen molar-refractivity contribution in [2.24, 2.45) is 5.41 Å². The van der Waals surface area contributed by atoms with E-state index in [1.807, 2.05) is 54.6 Å². The lowest BCUT2D eigenvalue weighted by atomic mass is 9.72. The summed E-state index contributed by atoms with van der Waals surface area (Å²) >= 11 is 3.50. The molecular formula is C19H17BrO3. The number of carbonyl (C=O) groups is 2. The zero-order valence-corrected chi connectivity index (χ0v) is 14.5. The van der Waals surface area contributed by atoms with Gasteiger partial charge < -0.3 is 4.74 Å². The third-order valence-electron chi connectivity index (χ3n) is 4.32. The van der Waals surface area contributed by atoms with Crippen LogP contribution >= 0.6 is 15.9 Å². The highest BCUT2D eigenvalue weighted by Crippen LogP contribution is 2.46. The average molecular weight is 373 g/mol. The minimum atomic E-state index is -1.14. The van der Waals surface area contributed by atoms with E-state index in [1.54, 1.807) is 13.8 Å². The van der Waals surface area contributed by atoms with Crippen LogP contribution in [0.4, 0.5) is 0 Å². The number of benzene rings is 2. The summed E-state index contributed by atoms with van der Waals surface area (Å²) in [4.78, 5) is 25.4. The molecule has 118 valence electrons. The lowest BCUT2D eigenvalue weighted by Gasteiger charge is -2.38. The van der Waals surface area contributed by atoms with Gasteiger partial charge in [0, 0.05) is 10.0 Å². The Balaban J connectivity index is 2.14. The van der Waals surface area contributed by atoms with E-state index in [-0.39, 0.29) is 5.78 Å². The number of cyclic esters (lactones) is 1. The van der Waals surface area contributed by atoms with Crippen molar-refractivity contribution in [3.63, 3.8) is 0 Å². The van der Waals surface area contributed by atoms with Crippen molar-refractivity contribution in [1.29, 1.82) is 0 Å². The first kappa shape index (κ1) is 15.9. The molecule has 0 bridgehead atoms. The fourth-order valence-electron chi connectivity index (χ4n) is 2.89. The smallest absolute Gasteiger partial charge is 0.319 e. The molecule has 0 spiro atoms. The maximum absolute atomic E-state index is 13.0. The van der Waals surface area contributed by atoms with E-state index in [1.165, 1.54) is 0 Å². The van der Waals surface area contributed by atoms with Gasteiger partial charge in [-0.05, 0) is 25.5 Å². The summed E-state index contributed by atoms with van der Waals surface area (Å²) in [5.41, 5.74) is 0.524. The zero-order chi connectivity index (χ0) is 16.6. The Morgan fingerprint density at radius 2 is 1.57 bits per heavy atom. The lowest BCUT2D eigenvalue weighted by Crippen LogP contribution is -2.46. The van der Waals surface area contributed by atoms with Crippen molar-refractivity contribution in [1.82, 2.24) is 0 Å². The van der Waals surface area contributed by atoms with Gasteiger partial charge in [0.15, 0.2) is 5.78 Å². The van der Waals surface area contributed by atoms with Gasteiger partial charge in [-0.15, -0.1) is 0 Å². The number of ketones is 1. The molecule has 0 unspecified atom stereocenters. The number of hydrogen-bond acceptors (Lipinski definition) is 3. The largest absolute Gasteiger partial charge is 0.456 e. The van der Waals surface area contributed by atoms with Crippen LogP contribution in [0, 0.1) is 5.41 Å². The fraction of sp³-hybridized carbons (Fsp3) is 0.263. The van der Waals surface area contributed by atoms with Gasteiger partial charge in [0.2, 0.25) is 0 Å². The number of carbonyl (C=O) groups excluding carboxylic acids is 2. The van der Waals surface area contributed by atoms with Crippen LogP contribution in [-0.4, -0.2) is 11.8 Å². The van der Waals surface area contributed by atoms with Gasteiger partial charge in [-0.1, -0.05) is 64.5 Å². The van der Waals surface area contributed by atoms with Crippen LogP contribution in [0.15, 0.2) is 59.1 Å². The minimum Gasteiger partial charge on any atom is -0.456 e. The number of rotatable bonds is 2. The highest BCUT2D eigenvalue weighted by molar-refractivity contribution is 9.10. The summed E-state index contributed by atoms with van der Waals surface area (Å²) in [7, 11) is 0. The Morgan fingerprint density at radius 1 is 0.957 bits per heavy atom. The maximum Gasteiger partial charge on any atom is 0.319 e. The van der Waals surface area contributed by atoms with Crippen LogP contribution in [0.3, 0.4) is 0 Å². The first-order valence-corrected chi connectivity index (χ1v) is 8.27. The second kappa shape index (κ2) is 5.93. The van der Waals surface area contributed by atoms with Crippen molar-refractivity contribution in [3.05, 3.63) is 70.2 Å². The van der Waals surface area contributed by atoms with E-state index in [4.69, 9.17) is 4.74 Å². The monoisotopic (exact) mass is 372 g/mol. The maximum atomic E-state index is 13.0. The molecule has 1 aliphatic rings. The molecule has 1 heterocycles. The SMILES string of the molecule is CC1(C)C(=O)O[C@H](c2ccccc2Br)[C@@H](c2ccccc2)C1=O. The Labute approximate surface area is 143 Å². The second-order valence-corrected chi connectivity index (χ2v) is 7.08. The molecule has 4 heteroatoms. The van der Waals surface area contributed by atoms with Gasteiger partial charge in [-0.2, -0.15) is 0 Å². The summed E-state index contributed by atoms with van der Waals surface area (Å²) in [6.07, 6.45) is -0.624. The molecule has 1 saturated heterocycles. The van der Waals surface area contributed by atoms with Gasteiger partial charge in [0.05, 0.1) is 5.92 Å². The molecule has 0 saturated carbocycles. The summed E-state index contributed by atoms with van der Waals surface area (Å²) in [6, 6.07) is 17.0. The molecule has 0 N–H and O–H groups in total. The van der Waals surface area contributed by atoms with E-state index in [2.05, 4.69) is 15.9 Å². The molecule has 0 aromatic heterocycles. The number of Topliss-reactive ketones (excluding diaryl/α,β-unsaturated/α-hetero) is 1. The van der Waals surface area contributed by atoms with Gasteiger partial charge in [0.1, 0.15) is 11.5 Å². The summed E-state index contributed by atoms with van der Waals surface area (Å²) in [5.74, 6) is -1.10. The van der Waals surface area contributed by atoms with E-state index < -0.39 is 23.4 Å². The second-order valence-electron chi connectivity index (χ2n) is 6.23. The Kier molecular flexibility index (Phi) is 4.11. The molecule has 2 aromatic carbocycles. The van der Waals surface area contributed by atoms with Crippen LogP contribution < -0.4 is 0 Å². The van der Waals surface area contributed by atoms with E-state index in [0.717, 1.165) is 15.6 Å². The molecule has 3 rings (SSSR count). The summed E-state index contributed by atoms with van der Waals surface area (Å²) in [6.45, 7) is 3.26. The quantitative estimate of drug-likeness (QED) is 0.578. The number of hydrogen-bond donors (Lipinski definition) is 0. The van der Waals surface area contributed by atoms with E-state index >= 15 is 0 Å². The van der Waals surface area contributed by atoms with Gasteiger partial charge in [0.25, 0.3) is 0 Å². The molecular weight excluding hydrogens is 356 g/mol. The summed E-state index contributed by atoms with van der Waals surface area (Å²) < 4.78 is 6.54. The topological polar surface area (TPSA) is 43.4 Å². The fourth-order valence-corrected chi connectivity index (χ4v) is 3.40. The van der Waals surface area contributed by atoms with Crippen molar-refractivity contribution >= 4 is 27.7 Å². The number of ether oxygens (including phenoxy) is 1. The Bertz CT molecular complexity index is 752. The molecule has 3 nitrogen and oxygen atoms in total. The molecule has 1 fully saturated rings. The molecule has 1 aliphatic heterocycles. The van der Waals surface area contributed by atoms with Gasteiger partial charge in [-0.3, -0.25) is 9.59 Å². The molecule has 2 atom stereocenters. The Morgan fingerprint density at radius 3 is 2.22 bits per heavy atom. The predicted octanol–water partition coefficient (Wildman–Crippen LogP) is 4.43. The van der Waals surface area contributed by atoms with Crippen molar-refractivity contribution in [2.45, 2.75) is 25.9 Å². The van der Waals surface area contributed by atoms with Crippen LogP contribution in [0.25, 0.3) is 0 Å². The van der Waals surface area contributed by atoms with Crippen LogP contribution in [0.2, 0.25) is 0 Å². The molecule has 0 aliphatic carbocycles. The lowest BCUT2D eigenvalue weighted by molar-refractivity contribution is -0.174. The van der Waals surface area contributed by atoms with Crippen molar-refractivity contribution < 1.29 is 14.3 Å². The standard InChI is InChI=1S/C19H17BrO3/c1-19(2)17(21)15(12-8-4-3-5-9-12)16(23-18(19)22)13-10-6-7-11-14(13)20/h3-11,15-16H,1-2H3/t15-,16-/m1/s1. The highest BCUT2D eigenvalue weighted by atomic mass is 79.9. The van der Waals surface area contributed by atoms with Crippen molar-refractivity contribution in [3.8, 4) is 0 Å². The Hall–Kier alpha value is -1.94. The van der Waals surface area contributed by atoms with E-state index in [9.17, 15) is 9.59 Å². The van der Waals surface area contributed by atoms with Gasteiger partial charge >= 0.3 is 5.97 Å². The average Bonchev–Trinajstić information content (AvgIpc) is 2.54. The van der Waals surface area contributed by atoms with Crippen molar-refractivity contribution in [2.75, 3.05) is 0 Å². The van der Waals surface area contributed by atoms with Crippen LogP contribution in [-0.2, 0) is 14.3 Å². The highest BCUT2D eigenvalue weighted by Gasteiger charge is 2.51. The summed E-state index contributed by atoms with van der Waals surface area (Å²) in [5, 5.41) is 0. The first-order valence-electron chi connectivity index (χ1n) is 7.47. The normalized spacial score (nSPS) is 23.4. The third kappa shape index (κ3) is 2.72. The zero-order valence-electron chi connectivity index (χ0n) is 13.0. The number of halogens is 1. The minimum absolute atomic E-state index is 0.110. The van der Waals surface area contributed by atoms with E-state index in [0.29, 0.717) is 0 Å².